The van der Waals surface area contributed by atoms with Crippen LogP contribution in [0.4, 0.5) is 0 Å². The van der Waals surface area contributed by atoms with Gasteiger partial charge >= 0.3 is 18.9 Å². The second-order valence-electron chi connectivity index (χ2n) is 6.11. The molecule has 90 valence electrons. The molecular weight excluding hydrogens is 204 g/mol. The van der Waals surface area contributed by atoms with Gasteiger partial charge in [0.25, 0.3) is 13.3 Å². The number of hydrogen-bond donors (Lipinski definition) is 0. The van der Waals surface area contributed by atoms with E-state index in [9.17, 15) is 0 Å². The van der Waals surface area contributed by atoms with Crippen LogP contribution in [-0.2, 0) is 0 Å². The molecule has 3 heteroatoms. The summed E-state index contributed by atoms with van der Waals surface area (Å²) in [5, 5.41) is 2.73. The normalized spacial score (nSPS) is 12.5. The van der Waals surface area contributed by atoms with E-state index in [1.54, 1.807) is 0 Å². The Bertz CT molecular complexity index is 180. The van der Waals surface area contributed by atoms with Gasteiger partial charge in [-0.05, 0) is 6.42 Å². The summed E-state index contributed by atoms with van der Waals surface area (Å²) >= 11 is -1.64. The first-order valence-electron chi connectivity index (χ1n) is 6.65. The molecule has 0 aromatic rings. The van der Waals surface area contributed by atoms with Crippen LogP contribution in [0.2, 0.25) is 16.4 Å². The maximum absolute atomic E-state index is 4.97. The van der Waals surface area contributed by atoms with Crippen molar-refractivity contribution in [3.63, 3.8) is 0 Å². The zero-order chi connectivity index (χ0) is 11.9. The molecule has 0 unspecified atom stereocenters. The third-order valence-electron chi connectivity index (χ3n) is 2.84. The van der Waals surface area contributed by atoms with Gasteiger partial charge in [0.05, 0.1) is 0 Å². The first-order chi connectivity index (χ1) is 6.89. The summed E-state index contributed by atoms with van der Waals surface area (Å²) < 4.78 is 4.97. The van der Waals surface area contributed by atoms with Crippen molar-refractivity contribution in [1.82, 2.24) is 0 Å². The summed E-state index contributed by atoms with van der Waals surface area (Å²) in [7, 11) is 0. The molecule has 0 radical (unpaired) electrons. The average molecular weight is 233 g/mol. The van der Waals surface area contributed by atoms with Crippen LogP contribution in [-0.4, -0.2) is 19.5 Å². The quantitative estimate of drug-likeness (QED) is 0.469. The molecular formula is C13H29AlLiN. The summed E-state index contributed by atoms with van der Waals surface area (Å²) in [6.45, 7) is 11.5. The first kappa shape index (κ1) is 19.1. The molecule has 0 fully saturated rings. The Balaban J connectivity index is 0. The maximum Gasteiger partial charge on any atom is 1.00 e. The van der Waals surface area contributed by atoms with Crippen molar-refractivity contribution >= 4 is 19.5 Å². The first-order valence-corrected chi connectivity index (χ1v) is 9.96. The Morgan fingerprint density at radius 3 is 1.81 bits per heavy atom. The SMILES string of the molecule is CCC/C=[N]/[Al-]([CH3])([CH2]C(C)C)[CH2]C(C)C.[Li+]. The monoisotopic (exact) mass is 233 g/mol. The molecule has 0 aromatic heterocycles. The molecule has 0 aliphatic heterocycles. The van der Waals surface area contributed by atoms with Crippen LogP contribution in [0.5, 0.6) is 0 Å². The Kier molecular flexibility index (Phi) is 11.7. The van der Waals surface area contributed by atoms with Crippen molar-refractivity contribution in [2.75, 3.05) is 0 Å². The molecule has 0 saturated carbocycles. The minimum Gasteiger partial charge on any atom is -0.561 e. The van der Waals surface area contributed by atoms with Gasteiger partial charge in [-0.15, -0.1) is 0 Å². The van der Waals surface area contributed by atoms with Gasteiger partial charge in [-0.3, -0.25) is 0 Å². The smallest absolute Gasteiger partial charge is 0.561 e. The van der Waals surface area contributed by atoms with E-state index in [4.69, 9.17) is 3.98 Å². The molecule has 0 N–H and O–H groups in total. The fraction of sp³-hybridized carbons (Fsp3) is 0.923. The number of nitrogens with zero attached hydrogens (tertiary/aromatic N) is 1. The van der Waals surface area contributed by atoms with Crippen LogP contribution >= 0.6 is 0 Å². The van der Waals surface area contributed by atoms with Crippen molar-refractivity contribution in [2.24, 2.45) is 15.8 Å². The van der Waals surface area contributed by atoms with E-state index in [-0.39, 0.29) is 18.9 Å². The molecule has 0 rings (SSSR count). The third kappa shape index (κ3) is 9.99. The van der Waals surface area contributed by atoms with Gasteiger partial charge in [0.2, 0.25) is 0 Å². The van der Waals surface area contributed by atoms with E-state index < -0.39 is 13.3 Å². The van der Waals surface area contributed by atoms with Crippen LogP contribution in [0, 0.1) is 11.8 Å². The second kappa shape index (κ2) is 9.79. The topological polar surface area (TPSA) is 12.4 Å². The van der Waals surface area contributed by atoms with Gasteiger partial charge in [0.15, 0.2) is 0 Å². The summed E-state index contributed by atoms with van der Waals surface area (Å²) in [6, 6.07) is 0. The van der Waals surface area contributed by atoms with Gasteiger partial charge in [-0.25, -0.2) is 0 Å². The average Bonchev–Trinajstić information content (AvgIpc) is 2.00. The van der Waals surface area contributed by atoms with E-state index in [2.05, 4.69) is 46.6 Å². The molecule has 0 atom stereocenters. The van der Waals surface area contributed by atoms with E-state index in [1.165, 1.54) is 17.0 Å². The third-order valence-corrected chi connectivity index (χ3v) is 7.69. The summed E-state index contributed by atoms with van der Waals surface area (Å²) in [4.78, 5) is 0. The zero-order valence-corrected chi connectivity index (χ0v) is 13.7. The Morgan fingerprint density at radius 1 is 1.06 bits per heavy atom. The summed E-state index contributed by atoms with van der Waals surface area (Å²) in [5.74, 6) is 4.08. The fourth-order valence-electron chi connectivity index (χ4n) is 2.71. The molecule has 0 aromatic carbocycles. The predicted octanol–water partition coefficient (Wildman–Crippen LogP) is 1.75. The Labute approximate surface area is 118 Å². The maximum atomic E-state index is 4.97. The summed E-state index contributed by atoms with van der Waals surface area (Å²) in [6.07, 6.45) is 4.59. The van der Waals surface area contributed by atoms with Crippen LogP contribution in [0.1, 0.15) is 47.5 Å². The van der Waals surface area contributed by atoms with E-state index in [0.29, 0.717) is 0 Å². The van der Waals surface area contributed by atoms with Crippen molar-refractivity contribution in [1.29, 1.82) is 0 Å². The minimum absolute atomic E-state index is 0. The van der Waals surface area contributed by atoms with Crippen LogP contribution in [0.25, 0.3) is 0 Å². The zero-order valence-electron chi connectivity index (χ0n) is 12.6. The van der Waals surface area contributed by atoms with Crippen LogP contribution in [0.15, 0.2) is 3.98 Å². The van der Waals surface area contributed by atoms with Gasteiger partial charge in [0.1, 0.15) is 0 Å². The van der Waals surface area contributed by atoms with Gasteiger partial charge in [0, 0.05) is 0 Å². The van der Waals surface area contributed by atoms with Crippen LogP contribution in [0.3, 0.4) is 0 Å². The molecule has 1 nitrogen and oxygen atoms in total. The molecule has 16 heavy (non-hydrogen) atoms. The molecule has 0 heterocycles. The molecule has 0 saturated heterocycles. The predicted molar refractivity (Wildman–Crippen MR) is 74.3 cm³/mol. The number of hydrogen-bond acceptors (Lipinski definition) is 1. The standard InChI is InChI=1S/C4H8N.2C4H9.CH3.Al.Li/c1-2-3-4-5;2*1-4(2)3;;;/h4H,2-3H2,1H3;2*4H,1H2,2-3H3;1H3;;/q-1;;;;;+1. The summed E-state index contributed by atoms with van der Waals surface area (Å²) in [5.41, 5.74) is 0. The molecule has 0 amide bonds. The van der Waals surface area contributed by atoms with Crippen molar-refractivity contribution in [2.45, 2.75) is 63.8 Å². The van der Waals surface area contributed by atoms with Crippen molar-refractivity contribution < 1.29 is 18.9 Å². The van der Waals surface area contributed by atoms with E-state index in [1.807, 2.05) is 0 Å². The Hall–Kier alpha value is 0.800. The minimum atomic E-state index is -1.64. The van der Waals surface area contributed by atoms with Crippen molar-refractivity contribution in [3.05, 3.63) is 0 Å². The molecule has 0 aliphatic carbocycles. The van der Waals surface area contributed by atoms with Gasteiger partial charge < -0.3 is 3.98 Å². The Morgan fingerprint density at radius 2 is 1.50 bits per heavy atom. The van der Waals surface area contributed by atoms with Gasteiger partial charge in [-0.1, -0.05) is 59.1 Å². The second-order valence-corrected chi connectivity index (χ2v) is 10.8. The number of unbranched alkanes of at least 4 members (excludes halogenated alkanes) is 1. The van der Waals surface area contributed by atoms with Crippen LogP contribution < -0.4 is 18.9 Å². The van der Waals surface area contributed by atoms with Gasteiger partial charge in [-0.2, -0.15) is 16.4 Å². The van der Waals surface area contributed by atoms with E-state index >= 15 is 0 Å². The largest absolute Gasteiger partial charge is 1.00 e. The molecule has 0 bridgehead atoms. The van der Waals surface area contributed by atoms with Crippen molar-refractivity contribution in [3.8, 4) is 0 Å². The molecule has 0 spiro atoms. The fourth-order valence-corrected chi connectivity index (χ4v) is 7.86. The van der Waals surface area contributed by atoms with E-state index in [0.717, 1.165) is 18.3 Å². The number of rotatable bonds is 7. The molecule has 0 aliphatic rings.